The number of nitrogens with one attached hydrogen (secondary N) is 1. The molecule has 0 atom stereocenters. The first-order valence-electron chi connectivity index (χ1n) is 8.30. The molecule has 1 aliphatic heterocycles. The molecule has 1 saturated heterocycles. The van der Waals surface area contributed by atoms with E-state index in [-0.39, 0.29) is 11.9 Å². The lowest BCUT2D eigenvalue weighted by Gasteiger charge is -2.31. The quantitative estimate of drug-likeness (QED) is 0.870. The molecule has 0 bridgehead atoms. The number of piperidine rings is 1. The highest BCUT2D eigenvalue weighted by atomic mass is 79.9. The number of hydrogen-bond acceptors (Lipinski definition) is 3. The van der Waals surface area contributed by atoms with Gasteiger partial charge in [-0.1, -0.05) is 22.9 Å². The number of benzene rings is 1. The van der Waals surface area contributed by atoms with E-state index in [9.17, 15) is 4.79 Å². The Kier molecular flexibility index (Phi) is 5.07. The second-order valence-corrected chi connectivity index (χ2v) is 7.20. The maximum atomic E-state index is 12.6. The topological polar surface area (TPSA) is 45.5 Å². The Morgan fingerprint density at radius 3 is 2.83 bits per heavy atom. The van der Waals surface area contributed by atoms with Gasteiger partial charge in [-0.2, -0.15) is 0 Å². The van der Waals surface area contributed by atoms with Crippen molar-refractivity contribution in [1.82, 2.24) is 10.2 Å². The first-order valence-corrected chi connectivity index (χ1v) is 9.09. The van der Waals surface area contributed by atoms with Crippen molar-refractivity contribution < 1.29 is 9.21 Å². The van der Waals surface area contributed by atoms with E-state index in [0.717, 1.165) is 53.5 Å². The molecular weight excluding hydrogens is 356 g/mol. The highest BCUT2D eigenvalue weighted by molar-refractivity contribution is 9.10. The van der Waals surface area contributed by atoms with Crippen molar-refractivity contribution in [2.24, 2.45) is 0 Å². The Balaban J connectivity index is 1.68. The van der Waals surface area contributed by atoms with Gasteiger partial charge in [0.05, 0.1) is 0 Å². The molecule has 124 valence electrons. The minimum Gasteiger partial charge on any atom is -0.451 e. The fourth-order valence-corrected chi connectivity index (χ4v) is 3.64. The molecule has 3 rings (SSSR count). The number of fused-ring (bicyclic) bond motifs is 1. The van der Waals surface area contributed by atoms with Crippen molar-refractivity contribution in [2.45, 2.75) is 39.2 Å². The summed E-state index contributed by atoms with van der Waals surface area (Å²) in [6, 6.07) is 6.06. The molecule has 1 N–H and O–H groups in total. The van der Waals surface area contributed by atoms with E-state index in [1.807, 2.05) is 25.1 Å². The molecule has 1 aromatic heterocycles. The van der Waals surface area contributed by atoms with Gasteiger partial charge >= 0.3 is 0 Å². The highest BCUT2D eigenvalue weighted by Crippen LogP contribution is 2.28. The van der Waals surface area contributed by atoms with Crippen molar-refractivity contribution in [3.05, 3.63) is 34.0 Å². The summed E-state index contributed by atoms with van der Waals surface area (Å²) in [4.78, 5) is 15.0. The molecule has 1 fully saturated rings. The summed E-state index contributed by atoms with van der Waals surface area (Å²) in [6.45, 7) is 7.42. The number of halogens is 1. The zero-order chi connectivity index (χ0) is 16.4. The van der Waals surface area contributed by atoms with Crippen molar-refractivity contribution in [2.75, 3.05) is 19.6 Å². The normalized spacial score (nSPS) is 16.8. The number of furan rings is 1. The zero-order valence-electron chi connectivity index (χ0n) is 13.7. The largest absolute Gasteiger partial charge is 0.451 e. The second kappa shape index (κ2) is 7.05. The molecule has 1 amide bonds. The summed E-state index contributed by atoms with van der Waals surface area (Å²) in [5, 5.41) is 4.13. The van der Waals surface area contributed by atoms with E-state index in [1.165, 1.54) is 6.42 Å². The van der Waals surface area contributed by atoms with Crippen LogP contribution in [-0.4, -0.2) is 36.5 Å². The number of aryl methyl sites for hydroxylation is 1. The van der Waals surface area contributed by atoms with Crippen LogP contribution < -0.4 is 5.32 Å². The monoisotopic (exact) mass is 378 g/mol. The van der Waals surface area contributed by atoms with Crippen LogP contribution in [0.3, 0.4) is 0 Å². The van der Waals surface area contributed by atoms with Gasteiger partial charge in [0.15, 0.2) is 5.76 Å². The predicted molar refractivity (Wildman–Crippen MR) is 95.9 cm³/mol. The summed E-state index contributed by atoms with van der Waals surface area (Å²) in [7, 11) is 0. The van der Waals surface area contributed by atoms with E-state index in [4.69, 9.17) is 4.42 Å². The number of carbonyl (C=O) groups excluding carboxylic acids is 1. The SMILES string of the molecule is CCCN1CCC(NC(=O)c2oc3ccc(Br)cc3c2C)CC1. The molecule has 0 unspecified atom stereocenters. The molecule has 2 aromatic rings. The maximum Gasteiger partial charge on any atom is 0.287 e. The van der Waals surface area contributed by atoms with Crippen LogP contribution in [0.5, 0.6) is 0 Å². The molecule has 23 heavy (non-hydrogen) atoms. The molecular formula is C18H23BrN2O2. The number of carbonyl (C=O) groups is 1. The lowest BCUT2D eigenvalue weighted by molar-refractivity contribution is 0.0884. The summed E-state index contributed by atoms with van der Waals surface area (Å²) >= 11 is 3.46. The smallest absolute Gasteiger partial charge is 0.287 e. The average molecular weight is 379 g/mol. The fourth-order valence-electron chi connectivity index (χ4n) is 3.28. The fraction of sp³-hybridized carbons (Fsp3) is 0.500. The molecule has 0 saturated carbocycles. The number of likely N-dealkylation sites (tertiary alicyclic amines) is 1. The van der Waals surface area contributed by atoms with E-state index in [0.29, 0.717) is 5.76 Å². The maximum absolute atomic E-state index is 12.6. The van der Waals surface area contributed by atoms with E-state index >= 15 is 0 Å². The first-order chi connectivity index (χ1) is 11.1. The van der Waals surface area contributed by atoms with E-state index in [1.54, 1.807) is 0 Å². The van der Waals surface area contributed by atoms with Gasteiger partial charge in [-0.05, 0) is 50.9 Å². The Morgan fingerprint density at radius 2 is 2.13 bits per heavy atom. The van der Waals surface area contributed by atoms with Crippen molar-refractivity contribution in [1.29, 1.82) is 0 Å². The van der Waals surface area contributed by atoms with E-state index in [2.05, 4.69) is 33.1 Å². The van der Waals surface area contributed by atoms with Gasteiger partial charge in [0.1, 0.15) is 5.58 Å². The third-order valence-corrected chi connectivity index (χ3v) is 5.06. The average Bonchev–Trinajstić information content (AvgIpc) is 2.86. The lowest BCUT2D eigenvalue weighted by atomic mass is 10.0. The van der Waals surface area contributed by atoms with Crippen LogP contribution >= 0.6 is 15.9 Å². The van der Waals surface area contributed by atoms with E-state index < -0.39 is 0 Å². The molecule has 1 aromatic carbocycles. The van der Waals surface area contributed by atoms with Gasteiger partial charge < -0.3 is 14.6 Å². The van der Waals surface area contributed by atoms with Gasteiger partial charge in [-0.15, -0.1) is 0 Å². The zero-order valence-corrected chi connectivity index (χ0v) is 15.3. The summed E-state index contributed by atoms with van der Waals surface area (Å²) in [5.41, 5.74) is 1.66. The van der Waals surface area contributed by atoms with Gasteiger partial charge in [-0.3, -0.25) is 4.79 Å². The number of amides is 1. The minimum absolute atomic E-state index is 0.0937. The predicted octanol–water partition coefficient (Wildman–Crippen LogP) is 4.11. The van der Waals surface area contributed by atoms with Crippen molar-refractivity contribution >= 4 is 32.8 Å². The summed E-state index contributed by atoms with van der Waals surface area (Å²) in [6.07, 6.45) is 3.21. The number of nitrogens with zero attached hydrogens (tertiary/aromatic N) is 1. The second-order valence-electron chi connectivity index (χ2n) is 6.29. The molecule has 0 aliphatic carbocycles. The molecule has 2 heterocycles. The Hall–Kier alpha value is -1.33. The Labute approximate surface area is 145 Å². The van der Waals surface area contributed by atoms with Crippen LogP contribution in [0, 0.1) is 6.92 Å². The van der Waals surface area contributed by atoms with Crippen LogP contribution in [0.15, 0.2) is 27.1 Å². The molecule has 0 radical (unpaired) electrons. The van der Waals surface area contributed by atoms with Crippen LogP contribution in [-0.2, 0) is 0 Å². The van der Waals surface area contributed by atoms with Crippen molar-refractivity contribution in [3.63, 3.8) is 0 Å². The molecule has 0 spiro atoms. The van der Waals surface area contributed by atoms with Crippen LogP contribution in [0.2, 0.25) is 0 Å². The van der Waals surface area contributed by atoms with Crippen LogP contribution in [0.25, 0.3) is 11.0 Å². The van der Waals surface area contributed by atoms with Crippen LogP contribution in [0.1, 0.15) is 42.3 Å². The standard InChI is InChI=1S/C18H23BrN2O2/c1-3-8-21-9-6-14(7-10-21)20-18(22)17-12(2)15-11-13(19)4-5-16(15)23-17/h4-5,11,14H,3,6-10H2,1-2H3,(H,20,22). The summed E-state index contributed by atoms with van der Waals surface area (Å²) < 4.78 is 6.76. The van der Waals surface area contributed by atoms with Gasteiger partial charge in [-0.25, -0.2) is 0 Å². The molecule has 5 heteroatoms. The minimum atomic E-state index is -0.0937. The Bertz CT molecular complexity index is 702. The highest BCUT2D eigenvalue weighted by Gasteiger charge is 2.23. The lowest BCUT2D eigenvalue weighted by Crippen LogP contribution is -2.44. The third-order valence-electron chi connectivity index (χ3n) is 4.57. The number of hydrogen-bond donors (Lipinski definition) is 1. The van der Waals surface area contributed by atoms with Gasteiger partial charge in [0.25, 0.3) is 5.91 Å². The third kappa shape index (κ3) is 3.61. The summed E-state index contributed by atoms with van der Waals surface area (Å²) in [5.74, 6) is 0.345. The van der Waals surface area contributed by atoms with Gasteiger partial charge in [0, 0.05) is 34.6 Å². The first kappa shape index (κ1) is 16.5. The molecule has 1 aliphatic rings. The van der Waals surface area contributed by atoms with Crippen LogP contribution in [0.4, 0.5) is 0 Å². The van der Waals surface area contributed by atoms with Crippen molar-refractivity contribution in [3.8, 4) is 0 Å². The Morgan fingerprint density at radius 1 is 1.39 bits per heavy atom. The molecule has 4 nitrogen and oxygen atoms in total. The van der Waals surface area contributed by atoms with Gasteiger partial charge in [0.2, 0.25) is 0 Å². The number of rotatable bonds is 4.